The Bertz CT molecular complexity index is 562. The smallest absolute Gasteiger partial charge is 0.306 e. The van der Waals surface area contributed by atoms with Crippen LogP contribution in [0.2, 0.25) is 0 Å². The normalized spacial score (nSPS) is 35.3. The molecular formula is C20H32O9. The molecule has 9 nitrogen and oxygen atoms in total. The molecule has 0 aromatic rings. The number of hydrogen-bond acceptors (Lipinski definition) is 9. The van der Waals surface area contributed by atoms with Crippen LogP contribution in [0.3, 0.4) is 0 Å². The minimum Gasteiger partial charge on any atom is -0.466 e. The van der Waals surface area contributed by atoms with Gasteiger partial charge in [0.1, 0.15) is 30.2 Å². The van der Waals surface area contributed by atoms with Gasteiger partial charge in [0.15, 0.2) is 6.29 Å². The minimum atomic E-state index is -1.47. The molecule has 0 amide bonds. The van der Waals surface area contributed by atoms with Gasteiger partial charge in [-0.05, 0) is 32.1 Å². The number of allylic oxidation sites excluding steroid dienone is 1. The first-order chi connectivity index (χ1) is 13.9. The molecule has 166 valence electrons. The molecule has 0 aromatic heterocycles. The summed E-state index contributed by atoms with van der Waals surface area (Å²) in [5.41, 5.74) is 0. The number of ketones is 1. The van der Waals surface area contributed by atoms with Crippen molar-refractivity contribution in [2.45, 2.75) is 69.7 Å². The molecule has 0 unspecified atom stereocenters. The fourth-order valence-corrected chi connectivity index (χ4v) is 3.80. The molecule has 0 bridgehead atoms. The summed E-state index contributed by atoms with van der Waals surface area (Å²) in [6.45, 7) is 1.76. The number of carbonyl (C=O) groups excluding carboxylic acids is 2. The van der Waals surface area contributed by atoms with E-state index in [0.29, 0.717) is 32.3 Å². The summed E-state index contributed by atoms with van der Waals surface area (Å²) in [6, 6.07) is 0. The predicted molar refractivity (Wildman–Crippen MR) is 101 cm³/mol. The monoisotopic (exact) mass is 416 g/mol. The molecule has 7 atom stereocenters. The molecule has 1 aliphatic heterocycles. The molecule has 1 aliphatic carbocycles. The highest BCUT2D eigenvalue weighted by molar-refractivity contribution is 5.84. The Morgan fingerprint density at radius 1 is 1.21 bits per heavy atom. The third-order valence-corrected chi connectivity index (χ3v) is 5.45. The van der Waals surface area contributed by atoms with E-state index in [0.717, 1.165) is 0 Å². The highest BCUT2D eigenvalue weighted by atomic mass is 16.7. The number of Topliss-reactive ketones (excluding diaryl/α,β-unsaturated/α-hetero) is 1. The van der Waals surface area contributed by atoms with Gasteiger partial charge < -0.3 is 34.6 Å². The van der Waals surface area contributed by atoms with Crippen LogP contribution in [-0.4, -0.2) is 82.7 Å². The van der Waals surface area contributed by atoms with Crippen LogP contribution >= 0.6 is 0 Å². The van der Waals surface area contributed by atoms with Gasteiger partial charge in [-0.15, -0.1) is 0 Å². The molecule has 1 heterocycles. The number of carbonyl (C=O) groups is 2. The number of aliphatic hydroxyl groups is 4. The fraction of sp³-hybridized carbons (Fsp3) is 0.800. The van der Waals surface area contributed by atoms with Gasteiger partial charge in [-0.3, -0.25) is 9.59 Å². The van der Waals surface area contributed by atoms with E-state index in [2.05, 4.69) is 0 Å². The Morgan fingerprint density at radius 3 is 2.66 bits per heavy atom. The van der Waals surface area contributed by atoms with Gasteiger partial charge in [0.25, 0.3) is 0 Å². The quantitative estimate of drug-likeness (QED) is 0.214. The summed E-state index contributed by atoms with van der Waals surface area (Å²) < 4.78 is 15.6. The zero-order chi connectivity index (χ0) is 21.4. The van der Waals surface area contributed by atoms with Crippen LogP contribution in [0.25, 0.3) is 0 Å². The molecule has 4 N–H and O–H groups in total. The second-order valence-electron chi connectivity index (χ2n) is 7.44. The largest absolute Gasteiger partial charge is 0.466 e. The van der Waals surface area contributed by atoms with E-state index in [1.54, 1.807) is 6.92 Å². The van der Waals surface area contributed by atoms with E-state index in [-0.39, 0.29) is 36.6 Å². The Balaban J connectivity index is 1.73. The molecule has 2 aliphatic rings. The lowest BCUT2D eigenvalue weighted by atomic mass is 9.89. The van der Waals surface area contributed by atoms with Crippen molar-refractivity contribution >= 4 is 11.8 Å². The molecule has 1 saturated carbocycles. The average Bonchev–Trinajstić information content (AvgIpc) is 3.03. The minimum absolute atomic E-state index is 0.0107. The van der Waals surface area contributed by atoms with Crippen molar-refractivity contribution in [3.8, 4) is 0 Å². The Morgan fingerprint density at radius 2 is 1.97 bits per heavy atom. The summed E-state index contributed by atoms with van der Waals surface area (Å²) in [5, 5.41) is 38.5. The first-order valence-corrected chi connectivity index (χ1v) is 10.1. The Kier molecular flexibility index (Phi) is 9.67. The predicted octanol–water partition coefficient (Wildman–Crippen LogP) is -0.312. The molecule has 0 spiro atoms. The van der Waals surface area contributed by atoms with E-state index in [9.17, 15) is 24.9 Å². The van der Waals surface area contributed by atoms with Gasteiger partial charge in [0, 0.05) is 18.8 Å². The summed E-state index contributed by atoms with van der Waals surface area (Å²) in [7, 11) is 0. The third kappa shape index (κ3) is 6.56. The molecule has 2 rings (SSSR count). The van der Waals surface area contributed by atoms with Crippen LogP contribution < -0.4 is 0 Å². The van der Waals surface area contributed by atoms with Crippen LogP contribution in [0.15, 0.2) is 12.2 Å². The molecule has 29 heavy (non-hydrogen) atoms. The zero-order valence-electron chi connectivity index (χ0n) is 16.7. The van der Waals surface area contributed by atoms with E-state index in [1.807, 2.05) is 12.2 Å². The van der Waals surface area contributed by atoms with Crippen LogP contribution in [0.4, 0.5) is 0 Å². The van der Waals surface area contributed by atoms with Crippen molar-refractivity contribution in [1.29, 1.82) is 0 Å². The van der Waals surface area contributed by atoms with Gasteiger partial charge >= 0.3 is 5.97 Å². The van der Waals surface area contributed by atoms with Gasteiger partial charge in [0.05, 0.1) is 19.8 Å². The van der Waals surface area contributed by atoms with Crippen molar-refractivity contribution in [3.63, 3.8) is 0 Å². The first kappa shape index (κ1) is 23.9. The van der Waals surface area contributed by atoms with Crippen molar-refractivity contribution in [2.24, 2.45) is 11.8 Å². The third-order valence-electron chi connectivity index (χ3n) is 5.45. The van der Waals surface area contributed by atoms with E-state index in [4.69, 9.17) is 19.3 Å². The van der Waals surface area contributed by atoms with E-state index >= 15 is 0 Å². The van der Waals surface area contributed by atoms with Crippen LogP contribution in [0, 0.1) is 11.8 Å². The van der Waals surface area contributed by atoms with Gasteiger partial charge in [0.2, 0.25) is 0 Å². The summed E-state index contributed by atoms with van der Waals surface area (Å²) >= 11 is 0. The highest BCUT2D eigenvalue weighted by Crippen LogP contribution is 2.34. The lowest BCUT2D eigenvalue weighted by Crippen LogP contribution is -2.59. The molecule has 1 saturated heterocycles. The van der Waals surface area contributed by atoms with E-state index < -0.39 is 37.3 Å². The fourth-order valence-electron chi connectivity index (χ4n) is 3.80. The van der Waals surface area contributed by atoms with Gasteiger partial charge in [-0.1, -0.05) is 12.2 Å². The standard InChI is InChI=1S/C20H32O9/c1-2-27-16(23)10-12-7-8-14(22)13(12)6-4-3-5-9-28-20-19(26)18(25)17(24)15(11-21)29-20/h3-4,12-13,15,17-21,24-26H,2,5-11H2,1H3/b4-3-/t12-,13-,15+,17+,18-,19+,20+/m1/s1. The second-order valence-corrected chi connectivity index (χ2v) is 7.44. The average molecular weight is 416 g/mol. The topological polar surface area (TPSA) is 143 Å². The second kappa shape index (κ2) is 11.7. The SMILES string of the molecule is CCOC(=O)C[C@H]1CCC(=O)[C@@H]1C/C=C\CCO[C@H]1O[C@@H](CO)[C@H](O)[C@@H](O)[C@@H]1O. The summed E-state index contributed by atoms with van der Waals surface area (Å²) in [4.78, 5) is 23.8. The van der Waals surface area contributed by atoms with Gasteiger partial charge in [-0.25, -0.2) is 0 Å². The maximum atomic E-state index is 12.1. The van der Waals surface area contributed by atoms with Crippen LogP contribution in [-0.2, 0) is 23.8 Å². The number of aliphatic hydroxyl groups excluding tert-OH is 4. The van der Waals surface area contributed by atoms with Crippen LogP contribution in [0.5, 0.6) is 0 Å². The molecule has 0 radical (unpaired) electrons. The Hall–Kier alpha value is -1.36. The number of hydrogen-bond donors (Lipinski definition) is 4. The summed E-state index contributed by atoms with van der Waals surface area (Å²) in [5.74, 6) is -0.269. The maximum Gasteiger partial charge on any atom is 0.306 e. The molecular weight excluding hydrogens is 384 g/mol. The summed E-state index contributed by atoms with van der Waals surface area (Å²) in [6.07, 6.45) is -0.245. The molecule has 2 fully saturated rings. The number of rotatable bonds is 10. The van der Waals surface area contributed by atoms with Gasteiger partial charge in [-0.2, -0.15) is 0 Å². The van der Waals surface area contributed by atoms with Crippen molar-refractivity contribution in [1.82, 2.24) is 0 Å². The lowest BCUT2D eigenvalue weighted by molar-refractivity contribution is -0.300. The lowest BCUT2D eigenvalue weighted by Gasteiger charge is -2.39. The van der Waals surface area contributed by atoms with E-state index in [1.165, 1.54) is 0 Å². The number of esters is 1. The highest BCUT2D eigenvalue weighted by Gasteiger charge is 2.43. The molecule has 0 aromatic carbocycles. The Labute approximate surface area is 170 Å². The van der Waals surface area contributed by atoms with Crippen molar-refractivity contribution in [2.75, 3.05) is 19.8 Å². The zero-order valence-corrected chi connectivity index (χ0v) is 16.7. The first-order valence-electron chi connectivity index (χ1n) is 10.1. The maximum absolute atomic E-state index is 12.1. The van der Waals surface area contributed by atoms with Crippen molar-refractivity contribution in [3.05, 3.63) is 12.2 Å². The van der Waals surface area contributed by atoms with Crippen molar-refractivity contribution < 1.29 is 44.2 Å². The number of ether oxygens (including phenoxy) is 3. The van der Waals surface area contributed by atoms with Crippen LogP contribution in [0.1, 0.15) is 39.0 Å². The molecule has 9 heteroatoms.